The maximum Gasteiger partial charge on any atom is 0.306 e. The zero-order chi connectivity index (χ0) is 21.7. The molecule has 0 spiro atoms. The molecule has 168 valence electrons. The predicted molar refractivity (Wildman–Crippen MR) is 120 cm³/mol. The second kappa shape index (κ2) is 8.10. The van der Waals surface area contributed by atoms with Crippen LogP contribution in [0.4, 0.5) is 0 Å². The molecule has 1 N–H and O–H groups in total. The summed E-state index contributed by atoms with van der Waals surface area (Å²) in [5, 5.41) is 9.16. The van der Waals surface area contributed by atoms with Crippen LogP contribution >= 0.6 is 0 Å². The average molecular weight is 415 g/mol. The third-order valence-corrected chi connectivity index (χ3v) is 10.4. The Morgan fingerprint density at radius 3 is 2.57 bits per heavy atom. The number of carboxylic acids is 1. The predicted octanol–water partition coefficient (Wildman–Crippen LogP) is 6.66. The number of ketones is 1. The highest BCUT2D eigenvalue weighted by molar-refractivity contribution is 5.79. The highest BCUT2D eigenvalue weighted by Crippen LogP contribution is 2.66. The number of Topliss-reactive ketones (excluding diaryl/α,β-unsaturated/α-hetero) is 1. The highest BCUT2D eigenvalue weighted by Gasteiger charge is 2.58. The van der Waals surface area contributed by atoms with Crippen LogP contribution in [0.5, 0.6) is 0 Å². The van der Waals surface area contributed by atoms with E-state index in [2.05, 4.69) is 26.8 Å². The van der Waals surface area contributed by atoms with E-state index >= 15 is 0 Å². The third kappa shape index (κ3) is 3.58. The van der Waals surface area contributed by atoms with Crippen LogP contribution in [0.15, 0.2) is 11.6 Å². The van der Waals surface area contributed by atoms with Gasteiger partial charge in [0.1, 0.15) is 5.78 Å². The van der Waals surface area contributed by atoms with Gasteiger partial charge in [0.05, 0.1) is 5.92 Å². The van der Waals surface area contributed by atoms with E-state index in [1.807, 2.05) is 6.92 Å². The van der Waals surface area contributed by atoms with E-state index in [9.17, 15) is 9.59 Å². The van der Waals surface area contributed by atoms with Crippen molar-refractivity contribution in [2.24, 2.45) is 46.3 Å². The molecule has 4 rings (SSSR count). The number of hydrogen-bond acceptors (Lipinski definition) is 2. The molecule has 8 atom stereocenters. The van der Waals surface area contributed by atoms with Gasteiger partial charge in [0.15, 0.2) is 0 Å². The quantitative estimate of drug-likeness (QED) is 0.494. The van der Waals surface area contributed by atoms with Gasteiger partial charge in [0.2, 0.25) is 0 Å². The summed E-state index contributed by atoms with van der Waals surface area (Å²) in [6, 6.07) is 0. The fraction of sp³-hybridized carbons (Fsp3) is 0.852. The van der Waals surface area contributed by atoms with Gasteiger partial charge in [-0.05, 0) is 85.4 Å². The van der Waals surface area contributed by atoms with Crippen molar-refractivity contribution < 1.29 is 14.7 Å². The van der Waals surface area contributed by atoms with Crippen molar-refractivity contribution in [2.75, 3.05) is 0 Å². The summed E-state index contributed by atoms with van der Waals surface area (Å²) in [5.74, 6) is 3.06. The maximum atomic E-state index is 12.1. The van der Waals surface area contributed by atoms with Crippen LogP contribution in [-0.2, 0) is 9.59 Å². The molecule has 6 unspecified atom stereocenters. The van der Waals surface area contributed by atoms with E-state index in [1.54, 1.807) is 5.57 Å². The van der Waals surface area contributed by atoms with Gasteiger partial charge in [-0.3, -0.25) is 9.59 Å². The molecule has 0 heterocycles. The Morgan fingerprint density at radius 2 is 1.83 bits per heavy atom. The van der Waals surface area contributed by atoms with Crippen molar-refractivity contribution in [1.29, 1.82) is 0 Å². The highest BCUT2D eigenvalue weighted by atomic mass is 16.4. The number of rotatable bonds is 6. The number of carboxylic acid groups (broad SMARTS) is 1. The van der Waals surface area contributed by atoms with E-state index in [4.69, 9.17) is 5.11 Å². The summed E-state index contributed by atoms with van der Waals surface area (Å²) < 4.78 is 0. The first-order valence-corrected chi connectivity index (χ1v) is 12.6. The van der Waals surface area contributed by atoms with E-state index in [-0.39, 0.29) is 5.92 Å². The molecular formula is C27H42O3. The SMILES string of the molecule is CC(CCCC(C)C1CCC2C3=CCC4CC(=O)CC[C@]4(C)C3CC[C@@]21C)C(=O)O. The van der Waals surface area contributed by atoms with E-state index in [0.717, 1.165) is 56.8 Å². The first kappa shape index (κ1) is 22.1. The topological polar surface area (TPSA) is 54.4 Å². The summed E-state index contributed by atoms with van der Waals surface area (Å²) >= 11 is 0. The fourth-order valence-corrected chi connectivity index (χ4v) is 8.35. The molecule has 0 bridgehead atoms. The summed E-state index contributed by atoms with van der Waals surface area (Å²) in [7, 11) is 0. The van der Waals surface area contributed by atoms with Crippen LogP contribution in [0.3, 0.4) is 0 Å². The minimum Gasteiger partial charge on any atom is -0.481 e. The Kier molecular flexibility index (Phi) is 5.96. The molecule has 3 nitrogen and oxygen atoms in total. The van der Waals surface area contributed by atoms with Crippen molar-refractivity contribution in [1.82, 2.24) is 0 Å². The minimum absolute atomic E-state index is 0.219. The van der Waals surface area contributed by atoms with E-state index in [1.165, 1.54) is 25.7 Å². The Hall–Kier alpha value is -1.12. The molecule has 4 aliphatic carbocycles. The van der Waals surface area contributed by atoms with Gasteiger partial charge in [0, 0.05) is 12.8 Å². The summed E-state index contributed by atoms with van der Waals surface area (Å²) in [6.45, 7) is 9.34. The second-order valence-corrected chi connectivity index (χ2v) is 11.9. The fourth-order valence-electron chi connectivity index (χ4n) is 8.35. The van der Waals surface area contributed by atoms with Crippen LogP contribution in [0.1, 0.15) is 98.3 Å². The van der Waals surface area contributed by atoms with Crippen molar-refractivity contribution in [2.45, 2.75) is 98.3 Å². The summed E-state index contributed by atoms with van der Waals surface area (Å²) in [4.78, 5) is 23.2. The molecule has 0 radical (unpaired) electrons. The lowest BCUT2D eigenvalue weighted by molar-refractivity contribution is -0.141. The average Bonchev–Trinajstić information content (AvgIpc) is 3.05. The lowest BCUT2D eigenvalue weighted by atomic mass is 9.47. The number of hydrogen-bond donors (Lipinski definition) is 1. The molecule has 0 saturated heterocycles. The Labute approximate surface area is 183 Å². The molecule has 4 aliphatic rings. The zero-order valence-electron chi connectivity index (χ0n) is 19.6. The summed E-state index contributed by atoms with van der Waals surface area (Å²) in [5.41, 5.74) is 2.52. The lowest BCUT2D eigenvalue weighted by Gasteiger charge is -2.57. The Bertz CT molecular complexity index is 724. The molecule has 0 aromatic carbocycles. The maximum absolute atomic E-state index is 12.1. The molecule has 3 fully saturated rings. The number of carbonyl (C=O) groups excluding carboxylic acids is 1. The van der Waals surface area contributed by atoms with Gasteiger partial charge < -0.3 is 5.11 Å². The standard InChI is InChI=1S/C27H42O3/c1-17(6-5-7-18(2)25(29)30)22-10-11-23-21-9-8-19-16-20(28)12-14-26(19,3)24(21)13-15-27(22,23)4/h9,17-19,22-24H,5-8,10-16H2,1-4H3,(H,29,30)/t17?,18?,19?,22?,23?,24?,26-,27+/m0/s1. The monoisotopic (exact) mass is 414 g/mol. The van der Waals surface area contributed by atoms with Gasteiger partial charge in [0.25, 0.3) is 0 Å². The normalized spacial score (nSPS) is 42.5. The van der Waals surface area contributed by atoms with Gasteiger partial charge in [-0.25, -0.2) is 0 Å². The number of aliphatic carboxylic acids is 1. The molecule has 30 heavy (non-hydrogen) atoms. The van der Waals surface area contributed by atoms with Crippen molar-refractivity contribution in [3.05, 3.63) is 11.6 Å². The van der Waals surface area contributed by atoms with Crippen LogP contribution < -0.4 is 0 Å². The molecule has 0 aromatic rings. The Balaban J connectivity index is 1.46. The van der Waals surface area contributed by atoms with Crippen LogP contribution in [-0.4, -0.2) is 16.9 Å². The molecule has 0 aromatic heterocycles. The van der Waals surface area contributed by atoms with Gasteiger partial charge in [-0.2, -0.15) is 0 Å². The first-order chi connectivity index (χ1) is 14.2. The van der Waals surface area contributed by atoms with Crippen molar-refractivity contribution in [3.8, 4) is 0 Å². The second-order valence-electron chi connectivity index (χ2n) is 11.9. The van der Waals surface area contributed by atoms with Gasteiger partial charge in [-0.15, -0.1) is 0 Å². The van der Waals surface area contributed by atoms with Crippen LogP contribution in [0, 0.1) is 46.3 Å². The third-order valence-electron chi connectivity index (χ3n) is 10.4. The summed E-state index contributed by atoms with van der Waals surface area (Å²) in [6.07, 6.45) is 14.7. The lowest BCUT2D eigenvalue weighted by Crippen LogP contribution is -2.49. The van der Waals surface area contributed by atoms with Gasteiger partial charge >= 0.3 is 5.97 Å². The molecule has 3 saturated carbocycles. The first-order valence-electron chi connectivity index (χ1n) is 12.6. The van der Waals surface area contributed by atoms with E-state index in [0.29, 0.717) is 34.4 Å². The largest absolute Gasteiger partial charge is 0.481 e. The smallest absolute Gasteiger partial charge is 0.306 e. The van der Waals surface area contributed by atoms with Crippen molar-refractivity contribution >= 4 is 11.8 Å². The number of allylic oxidation sites excluding steroid dienone is 2. The Morgan fingerprint density at radius 1 is 1.10 bits per heavy atom. The van der Waals surface area contributed by atoms with E-state index < -0.39 is 5.97 Å². The number of carbonyl (C=O) groups is 2. The van der Waals surface area contributed by atoms with Crippen LogP contribution in [0.2, 0.25) is 0 Å². The minimum atomic E-state index is -0.658. The zero-order valence-corrected chi connectivity index (χ0v) is 19.6. The van der Waals surface area contributed by atoms with Crippen LogP contribution in [0.25, 0.3) is 0 Å². The molecular weight excluding hydrogens is 372 g/mol. The number of fused-ring (bicyclic) bond motifs is 5. The molecule has 3 heteroatoms. The van der Waals surface area contributed by atoms with Gasteiger partial charge in [-0.1, -0.05) is 52.2 Å². The molecule has 0 aliphatic heterocycles. The molecule has 0 amide bonds. The van der Waals surface area contributed by atoms with Crippen molar-refractivity contribution in [3.63, 3.8) is 0 Å².